The maximum absolute atomic E-state index is 3.73. The third kappa shape index (κ3) is 11.6. The molecule has 0 rings (SSSR count). The van der Waals surface area contributed by atoms with Gasteiger partial charge in [0.15, 0.2) is 0 Å². The van der Waals surface area contributed by atoms with Gasteiger partial charge in [-0.25, -0.2) is 0 Å². The van der Waals surface area contributed by atoms with Gasteiger partial charge in [0, 0.05) is 6.54 Å². The predicted octanol–water partition coefficient (Wildman–Crippen LogP) is 2.52. The number of unbranched alkanes of at least 4 members (excludes halogenated alkanes) is 2. The molecule has 0 aromatic heterocycles. The lowest BCUT2D eigenvalue weighted by molar-refractivity contribution is 0.356. The molecule has 0 aromatic carbocycles. The van der Waals surface area contributed by atoms with E-state index >= 15 is 0 Å². The Hall–Kier alpha value is -0.340. The Kier molecular flexibility index (Phi) is 9.96. The summed E-state index contributed by atoms with van der Waals surface area (Å²) in [5.74, 6) is 0.767. The molecule has 0 aliphatic rings. The molecule has 0 atom stereocenters. The van der Waals surface area contributed by atoms with Crippen molar-refractivity contribution in [2.75, 3.05) is 33.2 Å². The van der Waals surface area contributed by atoms with Gasteiger partial charge in [-0.05, 0) is 45.4 Å². The first kappa shape index (κ1) is 14.7. The highest BCUT2D eigenvalue weighted by Crippen LogP contribution is 1.97. The summed E-state index contributed by atoms with van der Waals surface area (Å²) in [6.45, 7) is 12.7. The number of rotatable bonds is 10. The minimum absolute atomic E-state index is 0.767. The van der Waals surface area contributed by atoms with Crippen molar-refractivity contribution in [2.24, 2.45) is 5.92 Å². The quantitative estimate of drug-likeness (QED) is 0.442. The van der Waals surface area contributed by atoms with Gasteiger partial charge in [-0.3, -0.25) is 0 Å². The molecule has 0 fully saturated rings. The first-order valence-electron chi connectivity index (χ1n) is 6.17. The number of hydrogen-bond donors (Lipinski definition) is 1. The van der Waals surface area contributed by atoms with E-state index in [-0.39, 0.29) is 0 Å². The molecule has 2 nitrogen and oxygen atoms in total. The lowest BCUT2D eigenvalue weighted by atomic mass is 10.2. The van der Waals surface area contributed by atoms with Gasteiger partial charge < -0.3 is 10.2 Å². The molecular formula is C13H28N2. The van der Waals surface area contributed by atoms with E-state index in [2.05, 4.69) is 37.7 Å². The Bertz CT molecular complexity index is 143. The van der Waals surface area contributed by atoms with E-state index in [1.165, 1.54) is 32.4 Å². The van der Waals surface area contributed by atoms with Crippen molar-refractivity contribution < 1.29 is 0 Å². The third-order valence-electron chi connectivity index (χ3n) is 2.39. The van der Waals surface area contributed by atoms with Crippen LogP contribution in [0.15, 0.2) is 12.7 Å². The zero-order chi connectivity index (χ0) is 11.5. The Balaban J connectivity index is 3.07. The standard InChI is InChI=1S/C13H28N2/c1-5-10-15(4)11-8-6-7-9-14-12-13(2)3/h5,13-14H,1,6-12H2,2-4H3. The number of nitrogens with one attached hydrogen (secondary N) is 1. The molecule has 0 aromatic rings. The van der Waals surface area contributed by atoms with E-state index in [4.69, 9.17) is 0 Å². The van der Waals surface area contributed by atoms with E-state index < -0.39 is 0 Å². The summed E-state index contributed by atoms with van der Waals surface area (Å²) in [6, 6.07) is 0. The number of hydrogen-bond acceptors (Lipinski definition) is 2. The summed E-state index contributed by atoms with van der Waals surface area (Å²) in [4.78, 5) is 2.31. The van der Waals surface area contributed by atoms with Crippen molar-refractivity contribution in [3.05, 3.63) is 12.7 Å². The molecule has 1 N–H and O–H groups in total. The van der Waals surface area contributed by atoms with Gasteiger partial charge in [0.2, 0.25) is 0 Å². The Morgan fingerprint density at radius 2 is 2.00 bits per heavy atom. The molecule has 0 heterocycles. The van der Waals surface area contributed by atoms with Crippen LogP contribution in [-0.4, -0.2) is 38.1 Å². The maximum Gasteiger partial charge on any atom is 0.0157 e. The van der Waals surface area contributed by atoms with Crippen molar-refractivity contribution in [2.45, 2.75) is 33.1 Å². The van der Waals surface area contributed by atoms with Crippen LogP contribution < -0.4 is 5.32 Å². The zero-order valence-electron chi connectivity index (χ0n) is 10.8. The van der Waals surface area contributed by atoms with Gasteiger partial charge in [0.05, 0.1) is 0 Å². The highest BCUT2D eigenvalue weighted by atomic mass is 15.1. The van der Waals surface area contributed by atoms with E-state index in [9.17, 15) is 0 Å². The molecule has 2 heteroatoms. The minimum atomic E-state index is 0.767. The lowest BCUT2D eigenvalue weighted by Gasteiger charge is -2.13. The fourth-order valence-corrected chi connectivity index (χ4v) is 1.51. The molecule has 0 unspecified atom stereocenters. The highest BCUT2D eigenvalue weighted by Gasteiger charge is 1.95. The van der Waals surface area contributed by atoms with Crippen LogP contribution in [0, 0.1) is 5.92 Å². The van der Waals surface area contributed by atoms with Crippen molar-refractivity contribution in [1.29, 1.82) is 0 Å². The molecule has 0 spiro atoms. The molecule has 0 radical (unpaired) electrons. The Morgan fingerprint density at radius 1 is 1.27 bits per heavy atom. The van der Waals surface area contributed by atoms with Crippen molar-refractivity contribution in [3.8, 4) is 0 Å². The molecule has 90 valence electrons. The molecule has 0 aliphatic heterocycles. The van der Waals surface area contributed by atoms with Crippen LogP contribution in [0.2, 0.25) is 0 Å². The van der Waals surface area contributed by atoms with Crippen molar-refractivity contribution in [3.63, 3.8) is 0 Å². The first-order chi connectivity index (χ1) is 7.16. The molecule has 0 saturated heterocycles. The zero-order valence-corrected chi connectivity index (χ0v) is 10.8. The SMILES string of the molecule is C=CCN(C)CCCCCNCC(C)C. The summed E-state index contributed by atoms with van der Waals surface area (Å²) in [7, 11) is 2.15. The van der Waals surface area contributed by atoms with Gasteiger partial charge in [-0.2, -0.15) is 0 Å². The van der Waals surface area contributed by atoms with Crippen LogP contribution in [0.1, 0.15) is 33.1 Å². The normalized spacial score (nSPS) is 11.3. The predicted molar refractivity (Wildman–Crippen MR) is 69.3 cm³/mol. The van der Waals surface area contributed by atoms with Crippen LogP contribution in [0.5, 0.6) is 0 Å². The summed E-state index contributed by atoms with van der Waals surface area (Å²) in [5, 5.41) is 3.47. The summed E-state index contributed by atoms with van der Waals surface area (Å²) in [5.41, 5.74) is 0. The summed E-state index contributed by atoms with van der Waals surface area (Å²) >= 11 is 0. The van der Waals surface area contributed by atoms with Crippen LogP contribution in [-0.2, 0) is 0 Å². The van der Waals surface area contributed by atoms with E-state index in [0.29, 0.717) is 0 Å². The van der Waals surface area contributed by atoms with Crippen LogP contribution in [0.25, 0.3) is 0 Å². The topological polar surface area (TPSA) is 15.3 Å². The van der Waals surface area contributed by atoms with Gasteiger partial charge >= 0.3 is 0 Å². The summed E-state index contributed by atoms with van der Waals surface area (Å²) < 4.78 is 0. The monoisotopic (exact) mass is 212 g/mol. The van der Waals surface area contributed by atoms with Gasteiger partial charge in [-0.1, -0.05) is 26.3 Å². The molecular weight excluding hydrogens is 184 g/mol. The minimum Gasteiger partial charge on any atom is -0.316 e. The average molecular weight is 212 g/mol. The first-order valence-corrected chi connectivity index (χ1v) is 6.17. The van der Waals surface area contributed by atoms with Crippen LogP contribution >= 0.6 is 0 Å². The summed E-state index contributed by atoms with van der Waals surface area (Å²) in [6.07, 6.45) is 5.89. The lowest BCUT2D eigenvalue weighted by Crippen LogP contribution is -2.22. The third-order valence-corrected chi connectivity index (χ3v) is 2.39. The van der Waals surface area contributed by atoms with Crippen LogP contribution in [0.4, 0.5) is 0 Å². The molecule has 15 heavy (non-hydrogen) atoms. The smallest absolute Gasteiger partial charge is 0.0157 e. The molecule has 0 aliphatic carbocycles. The number of nitrogens with zero attached hydrogens (tertiary/aromatic N) is 1. The van der Waals surface area contributed by atoms with Gasteiger partial charge in [0.25, 0.3) is 0 Å². The fraction of sp³-hybridized carbons (Fsp3) is 0.846. The van der Waals surface area contributed by atoms with Crippen LogP contribution in [0.3, 0.4) is 0 Å². The highest BCUT2D eigenvalue weighted by molar-refractivity contribution is 4.70. The maximum atomic E-state index is 3.73. The molecule has 0 amide bonds. The van der Waals surface area contributed by atoms with E-state index in [0.717, 1.165) is 19.0 Å². The Labute approximate surface area is 95.7 Å². The largest absolute Gasteiger partial charge is 0.316 e. The Morgan fingerprint density at radius 3 is 2.60 bits per heavy atom. The second kappa shape index (κ2) is 10.2. The van der Waals surface area contributed by atoms with E-state index in [1.54, 1.807) is 0 Å². The molecule has 0 saturated carbocycles. The average Bonchev–Trinajstić information content (AvgIpc) is 2.16. The van der Waals surface area contributed by atoms with Crippen molar-refractivity contribution in [1.82, 2.24) is 10.2 Å². The van der Waals surface area contributed by atoms with Gasteiger partial charge in [0.1, 0.15) is 0 Å². The molecule has 0 bridgehead atoms. The second-order valence-corrected chi connectivity index (χ2v) is 4.71. The number of likely N-dealkylation sites (N-methyl/N-ethyl adjacent to an activating group) is 1. The second-order valence-electron chi connectivity index (χ2n) is 4.71. The van der Waals surface area contributed by atoms with Gasteiger partial charge in [-0.15, -0.1) is 6.58 Å². The fourth-order valence-electron chi connectivity index (χ4n) is 1.51. The van der Waals surface area contributed by atoms with Crippen molar-refractivity contribution >= 4 is 0 Å². The van der Waals surface area contributed by atoms with E-state index in [1.807, 2.05) is 6.08 Å².